The monoisotopic (exact) mass is 387 g/mol. The second kappa shape index (κ2) is 6.96. The van der Waals surface area contributed by atoms with E-state index in [0.717, 1.165) is 29.9 Å². The highest BCUT2D eigenvalue weighted by atomic mass is 19.3. The number of aryl methyl sites for hydroxylation is 1. The van der Waals surface area contributed by atoms with Crippen LogP contribution in [0.2, 0.25) is 0 Å². The molecule has 1 aromatic carbocycles. The third-order valence-corrected chi connectivity index (χ3v) is 5.29. The maximum absolute atomic E-state index is 14.5. The minimum atomic E-state index is -2.87. The summed E-state index contributed by atoms with van der Waals surface area (Å²) in [5.41, 5.74) is 1.46. The lowest BCUT2D eigenvalue weighted by Crippen LogP contribution is -2.22. The van der Waals surface area contributed by atoms with Crippen LogP contribution in [0.4, 0.5) is 18.9 Å². The Bertz CT molecular complexity index is 1110. The molecule has 1 atom stereocenters. The molecule has 0 unspecified atom stereocenters. The van der Waals surface area contributed by atoms with Crippen LogP contribution in [0.5, 0.6) is 0 Å². The highest BCUT2D eigenvalue weighted by Crippen LogP contribution is 2.40. The Hall–Kier alpha value is -2.83. The molecule has 28 heavy (non-hydrogen) atoms. The molecular weight excluding hydrogens is 367 g/mol. The Morgan fingerprint density at radius 1 is 1.21 bits per heavy atom. The van der Waals surface area contributed by atoms with E-state index in [0.29, 0.717) is 11.3 Å². The SMILES string of the molecule is C[C@@H](Nc1ccnc2c1cc(C1CC1)c(=O)n2C)c1cccc(C(F)F)c1F. The Morgan fingerprint density at radius 3 is 2.61 bits per heavy atom. The van der Waals surface area contributed by atoms with Crippen LogP contribution in [-0.4, -0.2) is 9.55 Å². The van der Waals surface area contributed by atoms with Gasteiger partial charge < -0.3 is 5.32 Å². The van der Waals surface area contributed by atoms with E-state index in [4.69, 9.17) is 0 Å². The van der Waals surface area contributed by atoms with Gasteiger partial charge in [-0.25, -0.2) is 18.2 Å². The van der Waals surface area contributed by atoms with Gasteiger partial charge in [0.15, 0.2) is 0 Å². The number of halogens is 3. The van der Waals surface area contributed by atoms with Crippen molar-refractivity contribution >= 4 is 16.7 Å². The molecule has 0 saturated heterocycles. The van der Waals surface area contributed by atoms with E-state index in [-0.39, 0.29) is 17.0 Å². The molecule has 1 aliphatic carbocycles. The van der Waals surface area contributed by atoms with Crippen LogP contribution in [0.25, 0.3) is 11.0 Å². The van der Waals surface area contributed by atoms with Crippen LogP contribution in [-0.2, 0) is 7.05 Å². The molecule has 1 N–H and O–H groups in total. The fraction of sp³-hybridized carbons (Fsp3) is 0.333. The predicted octanol–water partition coefficient (Wildman–Crippen LogP) is 5.06. The molecule has 2 aromatic heterocycles. The van der Waals surface area contributed by atoms with Gasteiger partial charge in [0.1, 0.15) is 11.5 Å². The Balaban J connectivity index is 1.76. The summed E-state index contributed by atoms with van der Waals surface area (Å²) in [6.45, 7) is 1.71. The summed E-state index contributed by atoms with van der Waals surface area (Å²) < 4.78 is 42.1. The van der Waals surface area contributed by atoms with Crippen LogP contribution in [0.1, 0.15) is 54.8 Å². The number of rotatable bonds is 5. The van der Waals surface area contributed by atoms with Crippen molar-refractivity contribution in [1.82, 2.24) is 9.55 Å². The lowest BCUT2D eigenvalue weighted by molar-refractivity contribution is 0.146. The van der Waals surface area contributed by atoms with E-state index in [9.17, 15) is 18.0 Å². The molecule has 0 bridgehead atoms. The van der Waals surface area contributed by atoms with Crippen molar-refractivity contribution in [1.29, 1.82) is 0 Å². The zero-order valence-electron chi connectivity index (χ0n) is 15.5. The number of benzene rings is 1. The average molecular weight is 387 g/mol. The van der Waals surface area contributed by atoms with Crippen LogP contribution in [0.3, 0.4) is 0 Å². The minimum Gasteiger partial charge on any atom is -0.378 e. The summed E-state index contributed by atoms with van der Waals surface area (Å²) in [5, 5.41) is 3.95. The van der Waals surface area contributed by atoms with Crippen molar-refractivity contribution in [2.45, 2.75) is 38.2 Å². The van der Waals surface area contributed by atoms with Crippen molar-refractivity contribution in [2.75, 3.05) is 5.32 Å². The first-order valence-electron chi connectivity index (χ1n) is 9.20. The normalized spacial score (nSPS) is 15.2. The number of pyridine rings is 2. The van der Waals surface area contributed by atoms with E-state index < -0.39 is 23.8 Å². The van der Waals surface area contributed by atoms with Crippen LogP contribution < -0.4 is 10.9 Å². The highest BCUT2D eigenvalue weighted by molar-refractivity contribution is 5.89. The molecule has 3 aromatic rings. The molecule has 7 heteroatoms. The minimum absolute atomic E-state index is 0.0524. The van der Waals surface area contributed by atoms with Crippen LogP contribution in [0.15, 0.2) is 41.3 Å². The third kappa shape index (κ3) is 3.15. The quantitative estimate of drug-likeness (QED) is 0.666. The zero-order valence-corrected chi connectivity index (χ0v) is 15.5. The van der Waals surface area contributed by atoms with Crippen molar-refractivity contribution in [3.8, 4) is 0 Å². The summed E-state index contributed by atoms with van der Waals surface area (Å²) in [4.78, 5) is 16.9. The Labute approximate surface area is 160 Å². The van der Waals surface area contributed by atoms with Gasteiger partial charge in [0.25, 0.3) is 12.0 Å². The summed E-state index contributed by atoms with van der Waals surface area (Å²) >= 11 is 0. The van der Waals surface area contributed by atoms with Gasteiger partial charge in [-0.2, -0.15) is 0 Å². The number of fused-ring (bicyclic) bond motifs is 1. The molecular formula is C21H20F3N3O. The standard InChI is InChI=1S/C21H20F3N3O/c1-11(13-4-3-5-14(18(13)22)19(23)24)26-17-8-9-25-20-16(17)10-15(12-6-7-12)21(28)27(20)2/h3-5,8-12,19H,6-7H2,1-2H3,(H,25,26)/t11-/m1/s1. The summed E-state index contributed by atoms with van der Waals surface area (Å²) in [7, 11) is 1.68. The molecule has 0 amide bonds. The van der Waals surface area contributed by atoms with Gasteiger partial charge >= 0.3 is 0 Å². The molecule has 1 saturated carbocycles. The maximum atomic E-state index is 14.5. The van der Waals surface area contributed by atoms with Gasteiger partial charge in [-0.15, -0.1) is 0 Å². The van der Waals surface area contributed by atoms with Crippen molar-refractivity contribution in [3.05, 3.63) is 69.4 Å². The lowest BCUT2D eigenvalue weighted by atomic mass is 10.0. The first-order valence-corrected chi connectivity index (χ1v) is 9.20. The molecule has 146 valence electrons. The van der Waals surface area contributed by atoms with Crippen molar-refractivity contribution in [2.24, 2.45) is 7.05 Å². The lowest BCUT2D eigenvalue weighted by Gasteiger charge is -2.19. The third-order valence-electron chi connectivity index (χ3n) is 5.29. The molecule has 0 radical (unpaired) electrons. The number of aromatic nitrogens is 2. The second-order valence-electron chi connectivity index (χ2n) is 7.25. The largest absolute Gasteiger partial charge is 0.378 e. The number of nitrogens with zero attached hydrogens (tertiary/aromatic N) is 2. The molecule has 1 aliphatic rings. The molecule has 0 aliphatic heterocycles. The number of anilines is 1. The van der Waals surface area contributed by atoms with Gasteiger partial charge in [-0.1, -0.05) is 18.2 Å². The molecule has 0 spiro atoms. The fourth-order valence-electron chi connectivity index (χ4n) is 3.57. The van der Waals surface area contributed by atoms with Gasteiger partial charge in [0, 0.05) is 35.4 Å². The van der Waals surface area contributed by atoms with Gasteiger partial charge in [-0.05, 0) is 37.8 Å². The fourth-order valence-corrected chi connectivity index (χ4v) is 3.57. The molecule has 4 rings (SSSR count). The van der Waals surface area contributed by atoms with Crippen LogP contribution >= 0.6 is 0 Å². The molecule has 2 heterocycles. The first kappa shape index (κ1) is 18.5. The van der Waals surface area contributed by atoms with E-state index in [2.05, 4.69) is 10.3 Å². The zero-order chi connectivity index (χ0) is 20.0. The summed E-state index contributed by atoms with van der Waals surface area (Å²) in [6, 6.07) is 7.06. The number of hydrogen-bond acceptors (Lipinski definition) is 3. The molecule has 1 fully saturated rings. The van der Waals surface area contributed by atoms with E-state index >= 15 is 0 Å². The second-order valence-corrected chi connectivity index (χ2v) is 7.25. The van der Waals surface area contributed by atoms with E-state index in [1.165, 1.54) is 16.7 Å². The van der Waals surface area contributed by atoms with Crippen molar-refractivity contribution in [3.63, 3.8) is 0 Å². The van der Waals surface area contributed by atoms with E-state index in [1.54, 1.807) is 26.2 Å². The maximum Gasteiger partial charge on any atom is 0.266 e. The van der Waals surface area contributed by atoms with Crippen molar-refractivity contribution < 1.29 is 13.2 Å². The van der Waals surface area contributed by atoms with Gasteiger partial charge in [0.2, 0.25) is 0 Å². The van der Waals surface area contributed by atoms with E-state index in [1.807, 2.05) is 6.07 Å². The average Bonchev–Trinajstić information content (AvgIpc) is 3.50. The Morgan fingerprint density at radius 2 is 1.93 bits per heavy atom. The topological polar surface area (TPSA) is 46.9 Å². The smallest absolute Gasteiger partial charge is 0.266 e. The predicted molar refractivity (Wildman–Crippen MR) is 102 cm³/mol. The van der Waals surface area contributed by atoms with Crippen LogP contribution in [0, 0.1) is 5.82 Å². The van der Waals surface area contributed by atoms with Gasteiger partial charge in [-0.3, -0.25) is 9.36 Å². The number of hydrogen-bond donors (Lipinski definition) is 1. The Kier molecular flexibility index (Phi) is 4.61. The first-order chi connectivity index (χ1) is 13.4. The summed E-state index contributed by atoms with van der Waals surface area (Å²) in [5.74, 6) is -0.629. The number of alkyl halides is 2. The van der Waals surface area contributed by atoms with Gasteiger partial charge in [0.05, 0.1) is 11.6 Å². The molecule has 4 nitrogen and oxygen atoms in total. The highest BCUT2D eigenvalue weighted by Gasteiger charge is 2.28. The number of nitrogens with one attached hydrogen (secondary N) is 1. The summed E-state index contributed by atoms with van der Waals surface area (Å²) in [6.07, 6.45) is 0.682.